The first-order chi connectivity index (χ1) is 8.01. The summed E-state index contributed by atoms with van der Waals surface area (Å²) in [6.07, 6.45) is 0.0925. The van der Waals surface area contributed by atoms with Crippen LogP contribution in [0.5, 0.6) is 0 Å². The van der Waals surface area contributed by atoms with Crippen LogP contribution in [0.2, 0.25) is 10.3 Å². The van der Waals surface area contributed by atoms with Crippen molar-refractivity contribution in [3.05, 3.63) is 26.4 Å². The van der Waals surface area contributed by atoms with Gasteiger partial charge in [0.25, 0.3) is 5.56 Å². The number of nitrogens with zero attached hydrogens (tertiary/aromatic N) is 2. The van der Waals surface area contributed by atoms with E-state index in [4.69, 9.17) is 28.3 Å². The van der Waals surface area contributed by atoms with Gasteiger partial charge in [-0.15, -0.1) is 0 Å². The minimum Gasteiger partial charge on any atom is -0.468 e. The summed E-state index contributed by atoms with van der Waals surface area (Å²) in [4.78, 5) is 26.5. The molecule has 1 aromatic rings. The number of hydrogen-bond donors (Lipinski definition) is 1. The molecule has 0 amide bonds. The Kier molecular flexibility index (Phi) is 4.92. The highest BCUT2D eigenvalue weighted by atomic mass is 35.5. The maximum absolute atomic E-state index is 11.7. The van der Waals surface area contributed by atoms with Crippen LogP contribution in [-0.2, 0) is 22.5 Å². The number of aliphatic hydroxyl groups excluding tert-OH is 1. The van der Waals surface area contributed by atoms with Crippen molar-refractivity contribution in [2.24, 2.45) is 0 Å². The number of esters is 1. The van der Waals surface area contributed by atoms with Gasteiger partial charge in [0.05, 0.1) is 12.8 Å². The lowest BCUT2D eigenvalue weighted by molar-refractivity contribution is -0.141. The predicted molar refractivity (Wildman–Crippen MR) is 61.3 cm³/mol. The third kappa shape index (κ3) is 3.18. The Morgan fingerprint density at radius 1 is 1.47 bits per heavy atom. The summed E-state index contributed by atoms with van der Waals surface area (Å²) in [5.41, 5.74) is -0.404. The smallest absolute Gasteiger partial charge is 0.325 e. The predicted octanol–water partition coefficient (Wildman–Crippen LogP) is 0.258. The van der Waals surface area contributed by atoms with Gasteiger partial charge in [0.15, 0.2) is 10.3 Å². The third-order valence-corrected chi connectivity index (χ3v) is 2.59. The van der Waals surface area contributed by atoms with E-state index in [1.807, 2.05) is 0 Å². The highest BCUT2D eigenvalue weighted by Gasteiger charge is 2.16. The summed E-state index contributed by atoms with van der Waals surface area (Å²) in [5.74, 6) is -0.621. The number of methoxy groups -OCH3 is 1. The fourth-order valence-corrected chi connectivity index (χ4v) is 1.76. The lowest BCUT2D eigenvalue weighted by Gasteiger charge is -2.12. The van der Waals surface area contributed by atoms with Gasteiger partial charge in [-0.25, -0.2) is 4.98 Å². The quantitative estimate of drug-likeness (QED) is 0.800. The number of hydrogen-bond acceptors (Lipinski definition) is 5. The standard InChI is InChI=1S/C9H10Cl2N2O4/c1-17-6(15)4-13-5(2-3-14)7(10)12-8(11)9(13)16/h14H,2-4H2,1H3. The summed E-state index contributed by atoms with van der Waals surface area (Å²) in [6, 6.07) is 0. The molecule has 0 fully saturated rings. The molecular weight excluding hydrogens is 271 g/mol. The molecule has 0 aromatic carbocycles. The van der Waals surface area contributed by atoms with Crippen molar-refractivity contribution < 1.29 is 14.6 Å². The van der Waals surface area contributed by atoms with E-state index in [2.05, 4.69) is 9.72 Å². The molecule has 1 N–H and O–H groups in total. The summed E-state index contributed by atoms with van der Waals surface area (Å²) in [5, 5.41) is 8.52. The van der Waals surface area contributed by atoms with Crippen LogP contribution in [0.1, 0.15) is 5.69 Å². The molecule has 0 aliphatic rings. The van der Waals surface area contributed by atoms with Gasteiger partial charge in [0, 0.05) is 13.0 Å². The summed E-state index contributed by atoms with van der Waals surface area (Å²) in [6.45, 7) is -0.559. The Morgan fingerprint density at radius 2 is 2.12 bits per heavy atom. The first-order valence-corrected chi connectivity index (χ1v) is 5.39. The van der Waals surface area contributed by atoms with Crippen molar-refractivity contribution in [3.8, 4) is 0 Å². The van der Waals surface area contributed by atoms with E-state index < -0.39 is 11.5 Å². The van der Waals surface area contributed by atoms with Gasteiger partial charge in [0.1, 0.15) is 6.54 Å². The Labute approximate surface area is 107 Å². The minimum absolute atomic E-state index is 0.0208. The van der Waals surface area contributed by atoms with Crippen molar-refractivity contribution in [2.45, 2.75) is 13.0 Å². The van der Waals surface area contributed by atoms with Gasteiger partial charge < -0.3 is 9.84 Å². The molecule has 1 aromatic heterocycles. The molecule has 8 heteroatoms. The van der Waals surface area contributed by atoms with Gasteiger partial charge >= 0.3 is 5.97 Å². The average Bonchev–Trinajstić information content (AvgIpc) is 2.30. The molecular formula is C9H10Cl2N2O4. The number of carbonyl (C=O) groups is 1. The zero-order chi connectivity index (χ0) is 13.0. The monoisotopic (exact) mass is 280 g/mol. The molecule has 0 atom stereocenters. The van der Waals surface area contributed by atoms with E-state index in [1.54, 1.807) is 0 Å². The zero-order valence-corrected chi connectivity index (χ0v) is 10.5. The van der Waals surface area contributed by atoms with Crippen molar-refractivity contribution >= 4 is 29.2 Å². The molecule has 0 spiro atoms. The van der Waals surface area contributed by atoms with Crippen molar-refractivity contribution in [1.82, 2.24) is 9.55 Å². The van der Waals surface area contributed by atoms with E-state index in [-0.39, 0.29) is 35.6 Å². The normalized spacial score (nSPS) is 10.4. The van der Waals surface area contributed by atoms with Crippen molar-refractivity contribution in [2.75, 3.05) is 13.7 Å². The molecule has 94 valence electrons. The Morgan fingerprint density at radius 3 is 2.65 bits per heavy atom. The highest BCUT2D eigenvalue weighted by Crippen LogP contribution is 2.14. The zero-order valence-electron chi connectivity index (χ0n) is 8.94. The number of ether oxygens (including phenoxy) is 1. The summed E-state index contributed by atoms with van der Waals surface area (Å²) < 4.78 is 5.50. The minimum atomic E-state index is -0.648. The van der Waals surface area contributed by atoms with Crippen LogP contribution in [0, 0.1) is 0 Å². The van der Waals surface area contributed by atoms with Gasteiger partial charge in [-0.05, 0) is 0 Å². The highest BCUT2D eigenvalue weighted by molar-refractivity contribution is 6.32. The fourth-order valence-electron chi connectivity index (χ4n) is 1.25. The molecule has 0 saturated carbocycles. The molecule has 0 bridgehead atoms. The topological polar surface area (TPSA) is 81.4 Å². The number of aromatic nitrogens is 2. The first-order valence-electron chi connectivity index (χ1n) is 4.63. The number of carbonyl (C=O) groups excluding carboxylic acids is 1. The molecule has 0 aliphatic carbocycles. The Balaban J connectivity index is 3.31. The van der Waals surface area contributed by atoms with Crippen LogP contribution in [0.3, 0.4) is 0 Å². The van der Waals surface area contributed by atoms with Crippen molar-refractivity contribution in [1.29, 1.82) is 0 Å². The van der Waals surface area contributed by atoms with Gasteiger partial charge in [-0.2, -0.15) is 0 Å². The van der Waals surface area contributed by atoms with Gasteiger partial charge in [0.2, 0.25) is 0 Å². The molecule has 1 rings (SSSR count). The fraction of sp³-hybridized carbons (Fsp3) is 0.444. The summed E-state index contributed by atoms with van der Waals surface area (Å²) >= 11 is 11.4. The second-order valence-electron chi connectivity index (χ2n) is 3.08. The maximum atomic E-state index is 11.7. The third-order valence-electron chi connectivity index (χ3n) is 2.05. The molecule has 0 radical (unpaired) electrons. The second-order valence-corrected chi connectivity index (χ2v) is 3.80. The number of halogens is 2. The largest absolute Gasteiger partial charge is 0.468 e. The van der Waals surface area contributed by atoms with Gasteiger partial charge in [-0.3, -0.25) is 14.2 Å². The molecule has 17 heavy (non-hydrogen) atoms. The average molecular weight is 281 g/mol. The van der Waals surface area contributed by atoms with Crippen molar-refractivity contribution in [3.63, 3.8) is 0 Å². The van der Waals surface area contributed by atoms with E-state index in [0.717, 1.165) is 4.57 Å². The maximum Gasteiger partial charge on any atom is 0.325 e. The van der Waals surface area contributed by atoms with Crippen LogP contribution >= 0.6 is 23.2 Å². The number of aliphatic hydroxyl groups is 1. The number of rotatable bonds is 4. The van der Waals surface area contributed by atoms with E-state index in [1.165, 1.54) is 7.11 Å². The van der Waals surface area contributed by atoms with Crippen LogP contribution < -0.4 is 5.56 Å². The first kappa shape index (κ1) is 14.0. The molecule has 0 aliphatic heterocycles. The lowest BCUT2D eigenvalue weighted by Crippen LogP contribution is -2.30. The van der Waals surface area contributed by atoms with Crippen LogP contribution in [0.4, 0.5) is 0 Å². The molecule has 0 saturated heterocycles. The molecule has 0 unspecified atom stereocenters. The molecule has 6 nitrogen and oxygen atoms in total. The van der Waals surface area contributed by atoms with E-state index in [0.29, 0.717) is 0 Å². The lowest BCUT2D eigenvalue weighted by atomic mass is 10.3. The van der Waals surface area contributed by atoms with Crippen LogP contribution in [0.25, 0.3) is 0 Å². The van der Waals surface area contributed by atoms with E-state index in [9.17, 15) is 9.59 Å². The van der Waals surface area contributed by atoms with Crippen LogP contribution in [0.15, 0.2) is 4.79 Å². The summed E-state index contributed by atoms with van der Waals surface area (Å²) in [7, 11) is 1.20. The van der Waals surface area contributed by atoms with E-state index >= 15 is 0 Å². The molecule has 1 heterocycles. The Bertz CT molecular complexity index is 487. The van der Waals surface area contributed by atoms with Crippen LogP contribution in [-0.4, -0.2) is 34.3 Å². The second kappa shape index (κ2) is 6.00. The Hall–Kier alpha value is -1.11. The van der Waals surface area contributed by atoms with Gasteiger partial charge in [-0.1, -0.05) is 23.2 Å². The SMILES string of the molecule is COC(=O)Cn1c(CCO)c(Cl)nc(Cl)c1=O.